The van der Waals surface area contributed by atoms with Gasteiger partial charge in [-0.15, -0.1) is 0 Å². The van der Waals surface area contributed by atoms with Crippen molar-refractivity contribution in [2.45, 2.75) is 31.1 Å². The molecule has 0 N–H and O–H groups in total. The van der Waals surface area contributed by atoms with Crippen LogP contribution >= 0.6 is 0 Å². The maximum absolute atomic E-state index is 12.4. The van der Waals surface area contributed by atoms with Crippen LogP contribution in [-0.4, -0.2) is 38.4 Å². The Morgan fingerprint density at radius 2 is 2.05 bits per heavy atom. The van der Waals surface area contributed by atoms with E-state index in [0.717, 1.165) is 12.8 Å². The zero-order valence-corrected chi connectivity index (χ0v) is 13.0. The molecule has 1 atom stereocenters. The number of hydrogen-bond donors (Lipinski definition) is 0. The maximum atomic E-state index is 12.4. The Hall–Kier alpha value is -1.40. The summed E-state index contributed by atoms with van der Waals surface area (Å²) < 4.78 is 31.4. The van der Waals surface area contributed by atoms with Gasteiger partial charge in [0.25, 0.3) is 0 Å². The van der Waals surface area contributed by atoms with Crippen molar-refractivity contribution < 1.29 is 17.9 Å². The molecule has 21 heavy (non-hydrogen) atoms. The monoisotopic (exact) mass is 311 g/mol. The molecular formula is C15H21NO4S. The van der Waals surface area contributed by atoms with Gasteiger partial charge in [0.1, 0.15) is 0 Å². The molecule has 0 saturated carbocycles. The van der Waals surface area contributed by atoms with Crippen molar-refractivity contribution in [3.63, 3.8) is 0 Å². The minimum atomic E-state index is -3.50. The summed E-state index contributed by atoms with van der Waals surface area (Å²) in [5, 5.41) is 0. The molecule has 1 aliphatic heterocycles. The van der Waals surface area contributed by atoms with Gasteiger partial charge < -0.3 is 4.74 Å². The van der Waals surface area contributed by atoms with Gasteiger partial charge in [0.05, 0.1) is 17.4 Å². The van der Waals surface area contributed by atoms with Crippen molar-refractivity contribution in [1.29, 1.82) is 0 Å². The fraction of sp³-hybridized carbons (Fsp3) is 0.533. The highest BCUT2D eigenvalue weighted by Crippen LogP contribution is 2.25. The van der Waals surface area contributed by atoms with E-state index in [-0.39, 0.29) is 23.3 Å². The Morgan fingerprint density at radius 1 is 1.33 bits per heavy atom. The Bertz CT molecular complexity index is 571. The molecule has 1 fully saturated rings. The Kier molecular flexibility index (Phi) is 5.36. The topological polar surface area (TPSA) is 63.7 Å². The van der Waals surface area contributed by atoms with Crippen molar-refractivity contribution in [1.82, 2.24) is 4.31 Å². The van der Waals surface area contributed by atoms with Gasteiger partial charge in [0.2, 0.25) is 10.0 Å². The normalized spacial score (nSPS) is 19.6. The lowest BCUT2D eigenvalue weighted by molar-refractivity contribution is -0.148. The molecule has 6 heteroatoms. The molecule has 0 aromatic heterocycles. The molecule has 0 radical (unpaired) electrons. The largest absolute Gasteiger partial charge is 0.465 e. The predicted octanol–water partition coefficient (Wildman–Crippen LogP) is 2.04. The van der Waals surface area contributed by atoms with Crippen LogP contribution in [0.4, 0.5) is 0 Å². The van der Waals surface area contributed by atoms with Crippen molar-refractivity contribution in [3.05, 3.63) is 30.3 Å². The summed E-state index contributed by atoms with van der Waals surface area (Å²) in [4.78, 5) is 12.2. The zero-order chi connectivity index (χ0) is 15.3. The second kappa shape index (κ2) is 7.04. The lowest BCUT2D eigenvalue weighted by Gasteiger charge is -2.16. The summed E-state index contributed by atoms with van der Waals surface area (Å²) in [6.45, 7) is 3.02. The van der Waals surface area contributed by atoms with Crippen LogP contribution < -0.4 is 0 Å². The lowest BCUT2D eigenvalue weighted by Crippen LogP contribution is -2.30. The van der Waals surface area contributed by atoms with E-state index in [2.05, 4.69) is 0 Å². The number of hydrogen-bond acceptors (Lipinski definition) is 4. The SMILES string of the molecule is CCCCOC(=O)C1CCN(S(=O)(=O)c2ccccc2)C1. The summed E-state index contributed by atoms with van der Waals surface area (Å²) >= 11 is 0. The smallest absolute Gasteiger partial charge is 0.310 e. The zero-order valence-electron chi connectivity index (χ0n) is 12.2. The number of esters is 1. The molecule has 1 saturated heterocycles. The molecule has 1 aromatic carbocycles. The molecule has 0 spiro atoms. The van der Waals surface area contributed by atoms with Crippen LogP contribution in [-0.2, 0) is 19.6 Å². The van der Waals surface area contributed by atoms with E-state index in [1.807, 2.05) is 6.92 Å². The van der Waals surface area contributed by atoms with Crippen LogP contribution in [0.25, 0.3) is 0 Å². The van der Waals surface area contributed by atoms with E-state index < -0.39 is 10.0 Å². The van der Waals surface area contributed by atoms with Crippen LogP contribution in [0.5, 0.6) is 0 Å². The number of sulfonamides is 1. The van der Waals surface area contributed by atoms with Crippen LogP contribution in [0.1, 0.15) is 26.2 Å². The highest BCUT2D eigenvalue weighted by molar-refractivity contribution is 7.89. The molecule has 0 bridgehead atoms. The van der Waals surface area contributed by atoms with Crippen molar-refractivity contribution in [3.8, 4) is 0 Å². The quantitative estimate of drug-likeness (QED) is 0.596. The first-order valence-corrected chi connectivity index (χ1v) is 8.71. The fourth-order valence-electron chi connectivity index (χ4n) is 2.32. The predicted molar refractivity (Wildman–Crippen MR) is 79.2 cm³/mol. The fourth-order valence-corrected chi connectivity index (χ4v) is 3.84. The second-order valence-electron chi connectivity index (χ2n) is 5.18. The second-order valence-corrected chi connectivity index (χ2v) is 7.12. The summed E-state index contributed by atoms with van der Waals surface area (Å²) in [6.07, 6.45) is 2.33. The van der Waals surface area contributed by atoms with E-state index in [1.54, 1.807) is 30.3 Å². The Balaban J connectivity index is 1.97. The average molecular weight is 311 g/mol. The van der Waals surface area contributed by atoms with E-state index in [4.69, 9.17) is 4.74 Å². The minimum absolute atomic E-state index is 0.211. The van der Waals surface area contributed by atoms with Gasteiger partial charge in [-0.3, -0.25) is 4.79 Å². The number of nitrogens with zero attached hydrogens (tertiary/aromatic N) is 1. The van der Waals surface area contributed by atoms with E-state index >= 15 is 0 Å². The first kappa shape index (κ1) is 16.0. The molecule has 1 aliphatic rings. The Labute approximate surface area is 126 Å². The van der Waals surface area contributed by atoms with E-state index in [0.29, 0.717) is 19.6 Å². The Morgan fingerprint density at radius 3 is 2.71 bits per heavy atom. The van der Waals surface area contributed by atoms with Crippen LogP contribution in [0.2, 0.25) is 0 Å². The number of unbranched alkanes of at least 4 members (excludes halogenated alkanes) is 1. The first-order valence-electron chi connectivity index (χ1n) is 7.27. The molecule has 0 aliphatic carbocycles. The maximum Gasteiger partial charge on any atom is 0.310 e. The highest BCUT2D eigenvalue weighted by atomic mass is 32.2. The molecule has 5 nitrogen and oxygen atoms in total. The minimum Gasteiger partial charge on any atom is -0.465 e. The van der Waals surface area contributed by atoms with Gasteiger partial charge in [-0.05, 0) is 25.0 Å². The van der Waals surface area contributed by atoms with Crippen LogP contribution in [0, 0.1) is 5.92 Å². The lowest BCUT2D eigenvalue weighted by atomic mass is 10.1. The van der Waals surface area contributed by atoms with E-state index in [9.17, 15) is 13.2 Å². The van der Waals surface area contributed by atoms with Gasteiger partial charge >= 0.3 is 5.97 Å². The molecular weight excluding hydrogens is 290 g/mol. The standard InChI is InChI=1S/C15H21NO4S/c1-2-3-11-20-15(17)13-9-10-16(12-13)21(18,19)14-7-5-4-6-8-14/h4-8,13H,2-3,9-12H2,1H3. The third-order valence-corrected chi connectivity index (χ3v) is 5.49. The van der Waals surface area contributed by atoms with Gasteiger partial charge in [0, 0.05) is 13.1 Å². The molecule has 1 unspecified atom stereocenters. The third-order valence-electron chi connectivity index (χ3n) is 3.61. The van der Waals surface area contributed by atoms with Crippen LogP contribution in [0.15, 0.2) is 35.2 Å². The molecule has 2 rings (SSSR count). The summed E-state index contributed by atoms with van der Waals surface area (Å²) in [5.74, 6) is -0.630. The summed E-state index contributed by atoms with van der Waals surface area (Å²) in [7, 11) is -3.50. The van der Waals surface area contributed by atoms with Gasteiger partial charge in [-0.1, -0.05) is 31.5 Å². The molecule has 0 amide bonds. The molecule has 1 heterocycles. The van der Waals surface area contributed by atoms with Gasteiger partial charge in [-0.25, -0.2) is 8.42 Å². The summed E-state index contributed by atoms with van der Waals surface area (Å²) in [5.41, 5.74) is 0. The first-order chi connectivity index (χ1) is 10.1. The van der Waals surface area contributed by atoms with E-state index in [1.165, 1.54) is 4.31 Å². The number of rotatable bonds is 6. The van der Waals surface area contributed by atoms with Gasteiger partial charge in [-0.2, -0.15) is 4.31 Å². The number of carbonyl (C=O) groups is 1. The van der Waals surface area contributed by atoms with Crippen molar-refractivity contribution in [2.24, 2.45) is 5.92 Å². The molecule has 116 valence electrons. The van der Waals surface area contributed by atoms with Crippen LogP contribution in [0.3, 0.4) is 0 Å². The highest BCUT2D eigenvalue weighted by Gasteiger charge is 2.36. The van der Waals surface area contributed by atoms with Crippen molar-refractivity contribution in [2.75, 3.05) is 19.7 Å². The van der Waals surface area contributed by atoms with Gasteiger partial charge in [0.15, 0.2) is 0 Å². The van der Waals surface area contributed by atoms with Crippen molar-refractivity contribution >= 4 is 16.0 Å². The number of carbonyl (C=O) groups excluding carboxylic acids is 1. The number of benzene rings is 1. The number of ether oxygens (including phenoxy) is 1. The third kappa shape index (κ3) is 3.83. The molecule has 1 aromatic rings. The summed E-state index contributed by atoms with van der Waals surface area (Å²) in [6, 6.07) is 8.31. The average Bonchev–Trinajstić information content (AvgIpc) is 2.99.